The van der Waals surface area contributed by atoms with Crippen molar-refractivity contribution in [3.05, 3.63) is 72.2 Å². The Bertz CT molecular complexity index is 1250. The maximum absolute atomic E-state index is 5.48. The average Bonchev–Trinajstić information content (AvgIpc) is 3.49. The van der Waals surface area contributed by atoms with Crippen LogP contribution in [0.3, 0.4) is 0 Å². The molecule has 7 nitrogen and oxygen atoms in total. The number of aryl methyl sites for hydroxylation is 1. The molecule has 0 aliphatic heterocycles. The second-order valence-corrected chi connectivity index (χ2v) is 9.51. The summed E-state index contributed by atoms with van der Waals surface area (Å²) in [4.78, 5) is 4.71. The molecule has 0 aliphatic carbocycles. The highest BCUT2D eigenvalue weighted by Crippen LogP contribution is 2.33. The number of rotatable bonds is 7. The lowest BCUT2D eigenvalue weighted by atomic mass is 10.3. The highest BCUT2D eigenvalue weighted by Gasteiger charge is 2.17. The number of para-hydroxylation sites is 2. The summed E-state index contributed by atoms with van der Waals surface area (Å²) in [6.45, 7) is 1.78. The number of aromatic nitrogens is 6. The topological polar surface area (TPSA) is 82.5 Å². The maximum Gasteiger partial charge on any atom is 0.226 e. The van der Waals surface area contributed by atoms with Crippen LogP contribution in [0, 0.1) is 6.92 Å². The Morgan fingerprint density at radius 1 is 0.900 bits per heavy atom. The molecule has 0 aliphatic rings. The van der Waals surface area contributed by atoms with Crippen LogP contribution in [0.25, 0.3) is 15.9 Å². The van der Waals surface area contributed by atoms with Gasteiger partial charge in [-0.15, -0.1) is 31.7 Å². The first kappa shape index (κ1) is 19.3. The first-order valence-corrected chi connectivity index (χ1v) is 11.9. The molecule has 0 spiro atoms. The lowest BCUT2D eigenvalue weighted by molar-refractivity contribution is 0.485. The Hall–Kier alpha value is -2.69. The van der Waals surface area contributed by atoms with Crippen LogP contribution in [0.2, 0.25) is 0 Å². The smallest absolute Gasteiger partial charge is 0.226 e. The fraction of sp³-hybridized carbons (Fsp3) is 0.150. The van der Waals surface area contributed by atoms with E-state index in [0.717, 1.165) is 26.5 Å². The molecule has 5 aromatic rings. The van der Waals surface area contributed by atoms with Gasteiger partial charge in [-0.1, -0.05) is 53.9 Å². The first-order chi connectivity index (χ1) is 14.8. The number of thioether (sulfide) groups is 2. The Balaban J connectivity index is 1.40. The molecule has 0 saturated carbocycles. The zero-order chi connectivity index (χ0) is 20.3. The van der Waals surface area contributed by atoms with Gasteiger partial charge in [0.25, 0.3) is 0 Å². The molecule has 0 amide bonds. The van der Waals surface area contributed by atoms with Crippen LogP contribution in [0.4, 0.5) is 0 Å². The third kappa shape index (κ3) is 4.11. The van der Waals surface area contributed by atoms with Crippen molar-refractivity contribution in [1.29, 1.82) is 0 Å². The van der Waals surface area contributed by atoms with Crippen molar-refractivity contribution >= 4 is 45.1 Å². The molecule has 0 unspecified atom stereocenters. The van der Waals surface area contributed by atoms with Crippen LogP contribution in [0.5, 0.6) is 0 Å². The zero-order valence-corrected chi connectivity index (χ0v) is 18.4. The van der Waals surface area contributed by atoms with Crippen molar-refractivity contribution in [2.24, 2.45) is 0 Å². The van der Waals surface area contributed by atoms with Crippen LogP contribution in [-0.2, 0) is 11.5 Å². The quantitative estimate of drug-likeness (QED) is 0.313. The number of benzene rings is 2. The van der Waals surface area contributed by atoms with Crippen LogP contribution in [0.1, 0.15) is 17.6 Å². The van der Waals surface area contributed by atoms with Gasteiger partial charge in [0.1, 0.15) is 5.82 Å². The molecule has 0 atom stereocenters. The van der Waals surface area contributed by atoms with Crippen LogP contribution < -0.4 is 0 Å². The molecular formula is C20H16N6OS3. The maximum atomic E-state index is 5.48. The molecule has 2 aromatic carbocycles. The molecule has 3 aromatic heterocycles. The SMILES string of the molecule is Cc1nnc(CSc2nnc(CSc3nc4ccccc4s3)n2-c2ccccc2)o1. The summed E-state index contributed by atoms with van der Waals surface area (Å²) < 4.78 is 9.77. The summed E-state index contributed by atoms with van der Waals surface area (Å²) in [6.07, 6.45) is 0. The first-order valence-electron chi connectivity index (χ1n) is 9.16. The highest BCUT2D eigenvalue weighted by molar-refractivity contribution is 8.00. The Kier molecular flexibility index (Phi) is 5.52. The van der Waals surface area contributed by atoms with Gasteiger partial charge in [-0.25, -0.2) is 4.98 Å². The van der Waals surface area contributed by atoms with E-state index in [-0.39, 0.29) is 0 Å². The third-order valence-electron chi connectivity index (χ3n) is 4.21. The van der Waals surface area contributed by atoms with Gasteiger partial charge in [0.05, 0.1) is 21.7 Å². The number of hydrogen-bond donors (Lipinski definition) is 0. The van der Waals surface area contributed by atoms with Crippen molar-refractivity contribution in [3.8, 4) is 5.69 Å². The van der Waals surface area contributed by atoms with Crippen molar-refractivity contribution in [2.75, 3.05) is 0 Å². The van der Waals surface area contributed by atoms with Gasteiger partial charge in [0.15, 0.2) is 9.50 Å². The van der Waals surface area contributed by atoms with Gasteiger partial charge in [-0.2, -0.15) is 0 Å². The standard InChI is InChI=1S/C20H16N6OS3/c1-13-22-24-18(27-13)12-28-19-25-23-17(26(19)14-7-3-2-4-8-14)11-29-20-21-15-9-5-6-10-16(15)30-20/h2-10H,11-12H2,1H3. The second-order valence-electron chi connectivity index (χ2n) is 6.31. The summed E-state index contributed by atoms with van der Waals surface area (Å²) in [6, 6.07) is 18.3. The van der Waals surface area contributed by atoms with E-state index >= 15 is 0 Å². The molecule has 150 valence electrons. The Morgan fingerprint density at radius 2 is 1.73 bits per heavy atom. The van der Waals surface area contributed by atoms with E-state index in [4.69, 9.17) is 9.40 Å². The van der Waals surface area contributed by atoms with E-state index < -0.39 is 0 Å². The minimum absolute atomic E-state index is 0.539. The number of thiazole rings is 1. The fourth-order valence-corrected chi connectivity index (χ4v) is 5.67. The minimum Gasteiger partial charge on any atom is -0.425 e. The Morgan fingerprint density at radius 3 is 2.53 bits per heavy atom. The zero-order valence-electron chi connectivity index (χ0n) is 15.9. The molecule has 10 heteroatoms. The predicted molar refractivity (Wildman–Crippen MR) is 119 cm³/mol. The monoisotopic (exact) mass is 452 g/mol. The van der Waals surface area contributed by atoms with Gasteiger partial charge in [0, 0.05) is 12.6 Å². The van der Waals surface area contributed by atoms with E-state index in [2.05, 4.69) is 43.2 Å². The second kappa shape index (κ2) is 8.58. The van der Waals surface area contributed by atoms with Gasteiger partial charge in [0.2, 0.25) is 11.8 Å². The molecule has 0 saturated heterocycles. The summed E-state index contributed by atoms with van der Waals surface area (Å²) in [5, 5.41) is 17.6. The average molecular weight is 453 g/mol. The van der Waals surface area contributed by atoms with Crippen molar-refractivity contribution in [2.45, 2.75) is 27.9 Å². The summed E-state index contributed by atoms with van der Waals surface area (Å²) in [5.41, 5.74) is 2.05. The molecule has 5 rings (SSSR count). The Labute approximate surface area is 185 Å². The van der Waals surface area contributed by atoms with Crippen LogP contribution in [0.15, 0.2) is 68.5 Å². The van der Waals surface area contributed by atoms with Crippen molar-refractivity contribution in [3.63, 3.8) is 0 Å². The molecule has 0 N–H and O–H groups in total. The lowest BCUT2D eigenvalue weighted by Gasteiger charge is -2.09. The predicted octanol–water partition coefficient (Wildman–Crippen LogP) is 5.15. The lowest BCUT2D eigenvalue weighted by Crippen LogP contribution is -2.01. The highest BCUT2D eigenvalue weighted by atomic mass is 32.2. The van der Waals surface area contributed by atoms with E-state index in [1.165, 1.54) is 16.5 Å². The molecular weight excluding hydrogens is 436 g/mol. The van der Waals surface area contributed by atoms with Gasteiger partial charge >= 0.3 is 0 Å². The third-order valence-corrected chi connectivity index (χ3v) is 7.30. The van der Waals surface area contributed by atoms with Gasteiger partial charge < -0.3 is 4.42 Å². The summed E-state index contributed by atoms with van der Waals surface area (Å²) >= 11 is 4.90. The van der Waals surface area contributed by atoms with E-state index in [1.54, 1.807) is 30.0 Å². The molecule has 0 fully saturated rings. The van der Waals surface area contributed by atoms with Crippen molar-refractivity contribution in [1.82, 2.24) is 29.9 Å². The number of hydrogen-bond acceptors (Lipinski definition) is 9. The summed E-state index contributed by atoms with van der Waals surface area (Å²) in [7, 11) is 0. The normalized spacial score (nSPS) is 11.4. The molecule has 3 heterocycles. The summed E-state index contributed by atoms with van der Waals surface area (Å²) in [5.74, 6) is 3.21. The molecule has 0 bridgehead atoms. The van der Waals surface area contributed by atoms with E-state index in [0.29, 0.717) is 23.3 Å². The largest absolute Gasteiger partial charge is 0.425 e. The van der Waals surface area contributed by atoms with Crippen LogP contribution in [-0.4, -0.2) is 29.9 Å². The van der Waals surface area contributed by atoms with E-state index in [9.17, 15) is 0 Å². The number of fused-ring (bicyclic) bond motifs is 1. The van der Waals surface area contributed by atoms with E-state index in [1.807, 2.05) is 36.4 Å². The van der Waals surface area contributed by atoms with Crippen molar-refractivity contribution < 1.29 is 4.42 Å². The number of nitrogens with zero attached hydrogens (tertiary/aromatic N) is 6. The fourth-order valence-electron chi connectivity index (χ4n) is 2.88. The molecule has 30 heavy (non-hydrogen) atoms. The van der Waals surface area contributed by atoms with Crippen LogP contribution >= 0.6 is 34.9 Å². The van der Waals surface area contributed by atoms with Gasteiger partial charge in [-0.05, 0) is 24.3 Å². The van der Waals surface area contributed by atoms with Gasteiger partial charge in [-0.3, -0.25) is 4.57 Å². The molecule has 0 radical (unpaired) electrons. The minimum atomic E-state index is 0.539.